The van der Waals surface area contributed by atoms with Crippen LogP contribution in [-0.4, -0.2) is 36.1 Å². The topological polar surface area (TPSA) is 28.2 Å². The Morgan fingerprint density at radius 1 is 1.37 bits per heavy atom. The van der Waals surface area contributed by atoms with E-state index in [9.17, 15) is 0 Å². The second kappa shape index (κ2) is 5.91. The Hall–Kier alpha value is -1.09. The Morgan fingerprint density at radius 3 is 2.84 bits per heavy atom. The fraction of sp³-hybridized carbons (Fsp3) is 0.688. The van der Waals surface area contributed by atoms with Crippen LogP contribution in [0.25, 0.3) is 0 Å². The third-order valence-electron chi connectivity index (χ3n) is 4.07. The van der Waals surface area contributed by atoms with Crippen LogP contribution in [0.4, 0.5) is 5.82 Å². The summed E-state index contributed by atoms with van der Waals surface area (Å²) in [5.74, 6) is 1.01. The van der Waals surface area contributed by atoms with Crippen LogP contribution in [0, 0.1) is 0 Å². The number of likely N-dealkylation sites (N-methyl/N-ethyl adjacent to an activating group) is 1. The average molecular weight is 261 g/mol. The van der Waals surface area contributed by atoms with Gasteiger partial charge in [0.05, 0.1) is 0 Å². The zero-order valence-electron chi connectivity index (χ0n) is 12.7. The summed E-state index contributed by atoms with van der Waals surface area (Å²) in [6.07, 6.45) is 5.90. The van der Waals surface area contributed by atoms with Crippen molar-refractivity contribution in [2.75, 3.05) is 25.5 Å². The summed E-state index contributed by atoms with van der Waals surface area (Å²) in [6, 6.07) is 4.94. The van der Waals surface area contributed by atoms with Gasteiger partial charge in [-0.1, -0.05) is 27.2 Å². The highest BCUT2D eigenvalue weighted by atomic mass is 15.2. The number of pyridine rings is 1. The molecule has 1 unspecified atom stereocenters. The lowest BCUT2D eigenvalue weighted by Gasteiger charge is -2.32. The summed E-state index contributed by atoms with van der Waals surface area (Å²) in [7, 11) is 2.23. The van der Waals surface area contributed by atoms with Crippen LogP contribution in [0.1, 0.15) is 45.6 Å². The third-order valence-corrected chi connectivity index (χ3v) is 4.07. The predicted octanol–water partition coefficient (Wildman–Crippen LogP) is 3.28. The van der Waals surface area contributed by atoms with Crippen molar-refractivity contribution in [1.29, 1.82) is 0 Å². The molecule has 1 aromatic rings. The molecule has 106 valence electrons. The molecule has 1 aliphatic rings. The van der Waals surface area contributed by atoms with E-state index in [1.807, 2.05) is 6.20 Å². The highest BCUT2D eigenvalue weighted by Crippen LogP contribution is 2.23. The van der Waals surface area contributed by atoms with Crippen LogP contribution in [0.2, 0.25) is 0 Å². The summed E-state index contributed by atoms with van der Waals surface area (Å²) < 4.78 is 0. The van der Waals surface area contributed by atoms with Crippen molar-refractivity contribution in [2.24, 2.45) is 0 Å². The highest BCUT2D eigenvalue weighted by Gasteiger charge is 2.19. The Kier molecular flexibility index (Phi) is 4.46. The molecule has 19 heavy (non-hydrogen) atoms. The zero-order chi connectivity index (χ0) is 13.9. The maximum atomic E-state index is 4.43. The number of piperidine rings is 1. The van der Waals surface area contributed by atoms with E-state index >= 15 is 0 Å². The van der Waals surface area contributed by atoms with E-state index in [1.54, 1.807) is 0 Å². The van der Waals surface area contributed by atoms with Crippen molar-refractivity contribution in [3.8, 4) is 0 Å². The molecule has 0 spiro atoms. The van der Waals surface area contributed by atoms with E-state index in [0.717, 1.165) is 12.4 Å². The smallest absolute Gasteiger partial charge is 0.126 e. The van der Waals surface area contributed by atoms with Crippen molar-refractivity contribution in [2.45, 2.75) is 51.5 Å². The number of anilines is 1. The number of hydrogen-bond acceptors (Lipinski definition) is 3. The molecule has 3 nitrogen and oxygen atoms in total. The Labute approximate surface area is 117 Å². The molecule has 1 aliphatic heterocycles. The van der Waals surface area contributed by atoms with Gasteiger partial charge < -0.3 is 10.2 Å². The first-order chi connectivity index (χ1) is 8.97. The summed E-state index contributed by atoms with van der Waals surface area (Å²) >= 11 is 0. The van der Waals surface area contributed by atoms with Crippen LogP contribution >= 0.6 is 0 Å². The van der Waals surface area contributed by atoms with Gasteiger partial charge in [0.1, 0.15) is 5.82 Å². The molecule has 1 aromatic heterocycles. The monoisotopic (exact) mass is 261 g/mol. The van der Waals surface area contributed by atoms with Crippen LogP contribution < -0.4 is 5.32 Å². The normalized spacial score (nSPS) is 21.4. The lowest BCUT2D eigenvalue weighted by molar-refractivity contribution is 0.194. The first-order valence-corrected chi connectivity index (χ1v) is 7.37. The van der Waals surface area contributed by atoms with E-state index in [-0.39, 0.29) is 5.41 Å². The van der Waals surface area contributed by atoms with Crippen molar-refractivity contribution in [3.63, 3.8) is 0 Å². The predicted molar refractivity (Wildman–Crippen MR) is 81.7 cm³/mol. The summed E-state index contributed by atoms with van der Waals surface area (Å²) in [5.41, 5.74) is 1.52. The first-order valence-electron chi connectivity index (χ1n) is 7.37. The number of likely N-dealkylation sites (tertiary alicyclic amines) is 1. The Balaban J connectivity index is 1.96. The van der Waals surface area contributed by atoms with Gasteiger partial charge in [0.15, 0.2) is 0 Å². The molecule has 0 amide bonds. The zero-order valence-corrected chi connectivity index (χ0v) is 12.7. The van der Waals surface area contributed by atoms with E-state index in [1.165, 1.54) is 31.4 Å². The fourth-order valence-electron chi connectivity index (χ4n) is 2.62. The van der Waals surface area contributed by atoms with Crippen molar-refractivity contribution < 1.29 is 0 Å². The molecule has 0 saturated carbocycles. The highest BCUT2D eigenvalue weighted by molar-refractivity contribution is 5.40. The number of nitrogens with zero attached hydrogens (tertiary/aromatic N) is 2. The number of hydrogen-bond donors (Lipinski definition) is 1. The van der Waals surface area contributed by atoms with E-state index in [2.05, 4.69) is 55.2 Å². The van der Waals surface area contributed by atoms with Gasteiger partial charge >= 0.3 is 0 Å². The summed E-state index contributed by atoms with van der Waals surface area (Å²) in [5, 5.41) is 3.50. The van der Waals surface area contributed by atoms with Crippen LogP contribution in [0.5, 0.6) is 0 Å². The van der Waals surface area contributed by atoms with Crippen LogP contribution in [0.15, 0.2) is 18.3 Å². The third kappa shape index (κ3) is 3.93. The number of rotatable bonds is 3. The molecule has 1 atom stereocenters. The number of aromatic nitrogens is 1. The van der Waals surface area contributed by atoms with E-state index < -0.39 is 0 Å². The quantitative estimate of drug-likeness (QED) is 0.905. The van der Waals surface area contributed by atoms with Gasteiger partial charge in [0.2, 0.25) is 0 Å². The van der Waals surface area contributed by atoms with Crippen molar-refractivity contribution in [1.82, 2.24) is 9.88 Å². The molecule has 1 fully saturated rings. The second-order valence-electron chi connectivity index (χ2n) is 6.69. The van der Waals surface area contributed by atoms with E-state index in [0.29, 0.717) is 6.04 Å². The molecule has 0 aliphatic carbocycles. The molecule has 0 bridgehead atoms. The molecule has 0 aromatic carbocycles. The summed E-state index contributed by atoms with van der Waals surface area (Å²) in [6.45, 7) is 8.93. The Bertz CT molecular complexity index is 409. The van der Waals surface area contributed by atoms with Crippen molar-refractivity contribution >= 4 is 5.82 Å². The SMILES string of the molecule is CN1CCCCC1CNc1cc(C(C)(C)C)ccn1. The molecule has 3 heteroatoms. The minimum atomic E-state index is 0.182. The standard InChI is InChI=1S/C16H27N3/c1-16(2,3)13-8-9-17-15(11-13)18-12-14-7-5-6-10-19(14)4/h8-9,11,14H,5-7,10,12H2,1-4H3,(H,17,18). The molecule has 2 rings (SSSR count). The summed E-state index contributed by atoms with van der Waals surface area (Å²) in [4.78, 5) is 6.90. The fourth-order valence-corrected chi connectivity index (χ4v) is 2.62. The minimum Gasteiger partial charge on any atom is -0.368 e. The van der Waals surface area contributed by atoms with Crippen molar-refractivity contribution in [3.05, 3.63) is 23.9 Å². The molecule has 2 heterocycles. The van der Waals surface area contributed by atoms with E-state index in [4.69, 9.17) is 0 Å². The maximum absolute atomic E-state index is 4.43. The van der Waals surface area contributed by atoms with Crippen LogP contribution in [-0.2, 0) is 5.41 Å². The number of nitrogens with one attached hydrogen (secondary N) is 1. The molecule has 1 N–H and O–H groups in total. The first kappa shape index (κ1) is 14.3. The van der Waals surface area contributed by atoms with Gasteiger partial charge in [-0.05, 0) is 49.5 Å². The van der Waals surface area contributed by atoms with Gasteiger partial charge in [-0.25, -0.2) is 4.98 Å². The van der Waals surface area contributed by atoms with Gasteiger partial charge in [-0.3, -0.25) is 0 Å². The lowest BCUT2D eigenvalue weighted by atomic mass is 9.88. The average Bonchev–Trinajstić information content (AvgIpc) is 2.37. The van der Waals surface area contributed by atoms with Gasteiger partial charge in [0, 0.05) is 18.8 Å². The van der Waals surface area contributed by atoms with Gasteiger partial charge in [0.25, 0.3) is 0 Å². The molecular formula is C16H27N3. The maximum Gasteiger partial charge on any atom is 0.126 e. The largest absolute Gasteiger partial charge is 0.368 e. The molecular weight excluding hydrogens is 234 g/mol. The second-order valence-corrected chi connectivity index (χ2v) is 6.69. The van der Waals surface area contributed by atoms with Gasteiger partial charge in [-0.15, -0.1) is 0 Å². The minimum absolute atomic E-state index is 0.182. The molecule has 1 saturated heterocycles. The lowest BCUT2D eigenvalue weighted by Crippen LogP contribution is -2.40. The van der Waals surface area contributed by atoms with Crippen LogP contribution in [0.3, 0.4) is 0 Å². The Morgan fingerprint density at radius 2 is 2.16 bits per heavy atom. The van der Waals surface area contributed by atoms with Gasteiger partial charge in [-0.2, -0.15) is 0 Å². The molecule has 0 radical (unpaired) electrons.